The lowest BCUT2D eigenvalue weighted by molar-refractivity contribution is -0.139. The molecule has 0 N–H and O–H groups in total. The van der Waals surface area contributed by atoms with Gasteiger partial charge in [-0.15, -0.1) is 0 Å². The summed E-state index contributed by atoms with van der Waals surface area (Å²) in [5.41, 5.74) is 0.826. The van der Waals surface area contributed by atoms with Crippen molar-refractivity contribution in [3.05, 3.63) is 71.6 Å². The fourth-order valence-corrected chi connectivity index (χ4v) is 4.16. The first-order chi connectivity index (χ1) is 13.5. The van der Waals surface area contributed by atoms with Gasteiger partial charge in [-0.05, 0) is 30.7 Å². The SMILES string of the molecule is CC(Oc1ccccc1)C(=O)N1CCN(S(=O)(=O)/C=C/c2ccccc2)CC1. The molecule has 0 saturated carbocycles. The summed E-state index contributed by atoms with van der Waals surface area (Å²) in [6.07, 6.45) is 0.964. The van der Waals surface area contributed by atoms with Crippen LogP contribution >= 0.6 is 0 Å². The van der Waals surface area contributed by atoms with Crippen LogP contribution < -0.4 is 4.74 Å². The maximum absolute atomic E-state index is 12.6. The highest BCUT2D eigenvalue weighted by Crippen LogP contribution is 2.15. The van der Waals surface area contributed by atoms with Crippen LogP contribution in [0, 0.1) is 0 Å². The Bertz CT molecular complexity index is 906. The lowest BCUT2D eigenvalue weighted by Gasteiger charge is -2.34. The van der Waals surface area contributed by atoms with Gasteiger partial charge in [-0.1, -0.05) is 48.5 Å². The summed E-state index contributed by atoms with van der Waals surface area (Å²) in [4.78, 5) is 14.2. The Labute approximate surface area is 166 Å². The summed E-state index contributed by atoms with van der Waals surface area (Å²) < 4.78 is 32.1. The van der Waals surface area contributed by atoms with Crippen LogP contribution in [0.2, 0.25) is 0 Å². The van der Waals surface area contributed by atoms with E-state index < -0.39 is 16.1 Å². The van der Waals surface area contributed by atoms with E-state index in [2.05, 4.69) is 0 Å². The molecule has 2 aromatic carbocycles. The van der Waals surface area contributed by atoms with Crippen LogP contribution in [-0.4, -0.2) is 55.8 Å². The maximum atomic E-state index is 12.6. The molecule has 0 bridgehead atoms. The summed E-state index contributed by atoms with van der Waals surface area (Å²) in [5, 5.41) is 1.22. The van der Waals surface area contributed by atoms with Crippen molar-refractivity contribution in [2.24, 2.45) is 0 Å². The molecule has 0 aliphatic carbocycles. The first-order valence-corrected chi connectivity index (χ1v) is 10.7. The van der Waals surface area contributed by atoms with Crippen molar-refractivity contribution in [1.29, 1.82) is 0 Å². The molecule has 3 rings (SSSR count). The Hall–Kier alpha value is -2.64. The second kappa shape index (κ2) is 9.03. The maximum Gasteiger partial charge on any atom is 0.263 e. The molecule has 1 saturated heterocycles. The molecule has 1 heterocycles. The predicted octanol–water partition coefficient (Wildman–Crippen LogP) is 2.60. The molecule has 1 unspecified atom stereocenters. The number of rotatable bonds is 6. The molecule has 28 heavy (non-hydrogen) atoms. The van der Waals surface area contributed by atoms with Gasteiger partial charge >= 0.3 is 0 Å². The third-order valence-corrected chi connectivity index (χ3v) is 6.11. The molecule has 7 heteroatoms. The molecule has 148 valence electrons. The van der Waals surface area contributed by atoms with Crippen molar-refractivity contribution < 1.29 is 17.9 Å². The third-order valence-electron chi connectivity index (χ3n) is 4.55. The normalized spacial score (nSPS) is 16.8. The van der Waals surface area contributed by atoms with Gasteiger partial charge in [-0.3, -0.25) is 4.79 Å². The van der Waals surface area contributed by atoms with Crippen molar-refractivity contribution in [3.8, 4) is 5.75 Å². The number of carbonyl (C=O) groups is 1. The summed E-state index contributed by atoms with van der Waals surface area (Å²) in [7, 11) is -3.52. The van der Waals surface area contributed by atoms with E-state index in [1.165, 1.54) is 9.71 Å². The van der Waals surface area contributed by atoms with E-state index >= 15 is 0 Å². The number of para-hydroxylation sites is 1. The zero-order valence-corrected chi connectivity index (χ0v) is 16.6. The van der Waals surface area contributed by atoms with Crippen LogP contribution in [0.3, 0.4) is 0 Å². The van der Waals surface area contributed by atoms with E-state index in [0.717, 1.165) is 5.56 Å². The lowest BCUT2D eigenvalue weighted by Crippen LogP contribution is -2.52. The zero-order valence-electron chi connectivity index (χ0n) is 15.8. The van der Waals surface area contributed by atoms with Crippen molar-refractivity contribution in [1.82, 2.24) is 9.21 Å². The molecular formula is C21H24N2O4S. The van der Waals surface area contributed by atoms with Gasteiger partial charge in [-0.25, -0.2) is 8.42 Å². The minimum atomic E-state index is -3.52. The molecule has 0 spiro atoms. The van der Waals surface area contributed by atoms with Crippen LogP contribution in [0.25, 0.3) is 6.08 Å². The van der Waals surface area contributed by atoms with E-state index in [1.54, 1.807) is 30.0 Å². The minimum absolute atomic E-state index is 0.138. The highest BCUT2D eigenvalue weighted by Gasteiger charge is 2.30. The fourth-order valence-electron chi connectivity index (χ4n) is 2.99. The van der Waals surface area contributed by atoms with Crippen molar-refractivity contribution in [3.63, 3.8) is 0 Å². The van der Waals surface area contributed by atoms with Crippen LogP contribution in [-0.2, 0) is 14.8 Å². The second-order valence-electron chi connectivity index (χ2n) is 6.56. The predicted molar refractivity (Wildman–Crippen MR) is 109 cm³/mol. The number of hydrogen-bond acceptors (Lipinski definition) is 4. The Kier molecular flexibility index (Phi) is 6.49. The smallest absolute Gasteiger partial charge is 0.263 e. The van der Waals surface area contributed by atoms with Gasteiger partial charge in [0.25, 0.3) is 5.91 Å². The van der Waals surface area contributed by atoms with E-state index in [1.807, 2.05) is 48.5 Å². The van der Waals surface area contributed by atoms with E-state index in [9.17, 15) is 13.2 Å². The highest BCUT2D eigenvalue weighted by atomic mass is 32.2. The van der Waals surface area contributed by atoms with Crippen LogP contribution in [0.5, 0.6) is 5.75 Å². The Morgan fingerprint density at radius 1 is 0.964 bits per heavy atom. The molecule has 6 nitrogen and oxygen atoms in total. The lowest BCUT2D eigenvalue weighted by atomic mass is 10.2. The van der Waals surface area contributed by atoms with Crippen molar-refractivity contribution >= 4 is 22.0 Å². The average molecular weight is 401 g/mol. The summed E-state index contributed by atoms with van der Waals surface area (Å²) in [6, 6.07) is 18.5. The first kappa shape index (κ1) is 20.1. The number of ether oxygens (including phenoxy) is 1. The van der Waals surface area contributed by atoms with Gasteiger partial charge in [0, 0.05) is 31.6 Å². The number of nitrogens with zero attached hydrogens (tertiary/aromatic N) is 2. The van der Waals surface area contributed by atoms with Gasteiger partial charge in [0.15, 0.2) is 6.10 Å². The van der Waals surface area contributed by atoms with Gasteiger partial charge in [0.1, 0.15) is 5.75 Å². The van der Waals surface area contributed by atoms with Gasteiger partial charge in [0.2, 0.25) is 10.0 Å². The van der Waals surface area contributed by atoms with Crippen LogP contribution in [0.1, 0.15) is 12.5 Å². The number of carbonyl (C=O) groups excluding carboxylic acids is 1. The van der Waals surface area contributed by atoms with Gasteiger partial charge in [-0.2, -0.15) is 4.31 Å². The number of hydrogen-bond donors (Lipinski definition) is 0. The largest absolute Gasteiger partial charge is 0.481 e. The number of amides is 1. The third kappa shape index (κ3) is 5.21. The summed E-state index contributed by atoms with van der Waals surface area (Å²) in [6.45, 7) is 2.94. The van der Waals surface area contributed by atoms with Gasteiger partial charge < -0.3 is 9.64 Å². The molecular weight excluding hydrogens is 376 g/mol. The Morgan fingerprint density at radius 3 is 2.14 bits per heavy atom. The highest BCUT2D eigenvalue weighted by molar-refractivity contribution is 7.92. The molecule has 0 aromatic heterocycles. The van der Waals surface area contributed by atoms with Gasteiger partial charge in [0.05, 0.1) is 0 Å². The van der Waals surface area contributed by atoms with E-state index in [0.29, 0.717) is 18.8 Å². The standard InChI is InChI=1S/C21H24N2O4S/c1-18(27-20-10-6-3-7-11-20)21(24)22-13-15-23(16-14-22)28(25,26)17-12-19-8-4-2-5-9-19/h2-12,17-18H,13-16H2,1H3/b17-12+. The van der Waals surface area contributed by atoms with Crippen LogP contribution in [0.15, 0.2) is 66.1 Å². The molecule has 1 amide bonds. The fraction of sp³-hybridized carbons (Fsp3) is 0.286. The topological polar surface area (TPSA) is 66.9 Å². The van der Waals surface area contributed by atoms with Crippen LogP contribution in [0.4, 0.5) is 0 Å². The number of piperazine rings is 1. The molecule has 1 aliphatic rings. The number of sulfonamides is 1. The quantitative estimate of drug-likeness (QED) is 0.748. The van der Waals surface area contributed by atoms with Crippen molar-refractivity contribution in [2.75, 3.05) is 26.2 Å². The molecule has 2 aromatic rings. The van der Waals surface area contributed by atoms with E-state index in [4.69, 9.17) is 4.74 Å². The molecule has 0 radical (unpaired) electrons. The van der Waals surface area contributed by atoms with Crippen molar-refractivity contribution in [2.45, 2.75) is 13.0 Å². The molecule has 1 fully saturated rings. The van der Waals surface area contributed by atoms with E-state index in [-0.39, 0.29) is 19.0 Å². The molecule has 1 aliphatic heterocycles. The monoisotopic (exact) mass is 400 g/mol. The molecule has 1 atom stereocenters. The average Bonchev–Trinajstić information content (AvgIpc) is 2.73. The first-order valence-electron chi connectivity index (χ1n) is 9.19. The number of benzene rings is 2. The Morgan fingerprint density at radius 2 is 1.54 bits per heavy atom. The minimum Gasteiger partial charge on any atom is -0.481 e. The second-order valence-corrected chi connectivity index (χ2v) is 8.37. The summed E-state index contributed by atoms with van der Waals surface area (Å²) in [5.74, 6) is 0.497. The summed E-state index contributed by atoms with van der Waals surface area (Å²) >= 11 is 0. The Balaban J connectivity index is 1.54. The zero-order chi connectivity index (χ0) is 20.0.